The van der Waals surface area contributed by atoms with Gasteiger partial charge in [0.2, 0.25) is 3.79 Å². The molecule has 0 saturated carbocycles. The summed E-state index contributed by atoms with van der Waals surface area (Å²) in [5, 5.41) is 2.24. The van der Waals surface area contributed by atoms with Gasteiger partial charge in [-0.1, -0.05) is 77.3 Å². The van der Waals surface area contributed by atoms with E-state index in [4.69, 9.17) is 34.8 Å². The average Bonchev–Trinajstić information content (AvgIpc) is 2.44. The van der Waals surface area contributed by atoms with E-state index >= 15 is 0 Å². The SMILES string of the molecule is O=S(=O)(NCCc1ccc2ccccc2c1)OCC(Cl)(Cl)Cl. The molecule has 0 atom stereocenters. The Kier molecular flexibility index (Phi) is 5.94. The zero-order chi connectivity index (χ0) is 16.2. The second-order valence-electron chi connectivity index (χ2n) is 4.66. The highest BCUT2D eigenvalue weighted by Gasteiger charge is 2.24. The van der Waals surface area contributed by atoms with Crippen LogP contribution >= 0.6 is 34.8 Å². The summed E-state index contributed by atoms with van der Waals surface area (Å²) in [6.45, 7) is -0.344. The van der Waals surface area contributed by atoms with Gasteiger partial charge in [0.25, 0.3) is 0 Å². The maximum absolute atomic E-state index is 11.6. The monoisotopic (exact) mass is 381 g/mol. The number of nitrogens with one attached hydrogen (secondary N) is 1. The average molecular weight is 383 g/mol. The lowest BCUT2D eigenvalue weighted by atomic mass is 10.1. The first kappa shape index (κ1) is 17.8. The van der Waals surface area contributed by atoms with Crippen molar-refractivity contribution in [3.8, 4) is 0 Å². The number of alkyl halides is 3. The van der Waals surface area contributed by atoms with Gasteiger partial charge >= 0.3 is 10.3 Å². The second kappa shape index (κ2) is 7.34. The number of hydrogen-bond acceptors (Lipinski definition) is 3. The van der Waals surface area contributed by atoms with Crippen LogP contribution in [-0.2, 0) is 20.9 Å². The number of rotatable bonds is 6. The van der Waals surface area contributed by atoms with Crippen molar-refractivity contribution < 1.29 is 12.6 Å². The molecular formula is C14H14Cl3NO3S. The van der Waals surface area contributed by atoms with Crippen LogP contribution in [-0.4, -0.2) is 25.4 Å². The van der Waals surface area contributed by atoms with E-state index in [2.05, 4.69) is 8.91 Å². The number of hydrogen-bond donors (Lipinski definition) is 1. The van der Waals surface area contributed by atoms with Crippen LogP contribution in [0.5, 0.6) is 0 Å². The number of fused-ring (bicyclic) bond motifs is 1. The first-order chi connectivity index (χ1) is 10.3. The van der Waals surface area contributed by atoms with Crippen LogP contribution in [0.25, 0.3) is 10.8 Å². The fourth-order valence-electron chi connectivity index (χ4n) is 1.90. The third-order valence-electron chi connectivity index (χ3n) is 2.88. The zero-order valence-corrected chi connectivity index (χ0v) is 14.5. The smallest absolute Gasteiger partial charge is 0.254 e. The zero-order valence-electron chi connectivity index (χ0n) is 11.4. The van der Waals surface area contributed by atoms with Crippen LogP contribution < -0.4 is 4.72 Å². The molecule has 22 heavy (non-hydrogen) atoms. The van der Waals surface area contributed by atoms with Gasteiger partial charge in [0.05, 0.1) is 0 Å². The van der Waals surface area contributed by atoms with E-state index in [9.17, 15) is 8.42 Å². The molecule has 0 aliphatic carbocycles. The van der Waals surface area contributed by atoms with Gasteiger partial charge in [-0.05, 0) is 22.8 Å². The van der Waals surface area contributed by atoms with Gasteiger partial charge < -0.3 is 0 Å². The highest BCUT2D eigenvalue weighted by molar-refractivity contribution is 7.84. The van der Waals surface area contributed by atoms with Gasteiger partial charge in [0.15, 0.2) is 0 Å². The lowest BCUT2D eigenvalue weighted by Gasteiger charge is -2.12. The molecule has 0 aromatic heterocycles. The van der Waals surface area contributed by atoms with Gasteiger partial charge in [0.1, 0.15) is 6.61 Å². The van der Waals surface area contributed by atoms with E-state index in [-0.39, 0.29) is 6.54 Å². The lowest BCUT2D eigenvalue weighted by molar-refractivity contribution is 0.318. The molecule has 0 amide bonds. The summed E-state index contributed by atoms with van der Waals surface area (Å²) in [5.41, 5.74) is 1.02. The quantitative estimate of drug-likeness (QED) is 0.777. The van der Waals surface area contributed by atoms with E-state index in [1.807, 2.05) is 42.5 Å². The van der Waals surface area contributed by atoms with Gasteiger partial charge in [-0.2, -0.15) is 13.1 Å². The Hall–Kier alpha value is -0.560. The normalized spacial score (nSPS) is 12.7. The predicted octanol–water partition coefficient (Wildman–Crippen LogP) is 3.60. The minimum Gasteiger partial charge on any atom is -0.254 e. The van der Waals surface area contributed by atoms with E-state index < -0.39 is 20.7 Å². The van der Waals surface area contributed by atoms with E-state index in [1.54, 1.807) is 0 Å². The van der Waals surface area contributed by atoms with Crippen LogP contribution in [0.4, 0.5) is 0 Å². The van der Waals surface area contributed by atoms with Crippen LogP contribution in [0.15, 0.2) is 42.5 Å². The predicted molar refractivity (Wildman–Crippen MR) is 90.8 cm³/mol. The standard InChI is InChI=1S/C14H14Cl3NO3S/c15-14(16,17)10-21-22(19,20)18-8-7-11-5-6-12-3-1-2-4-13(12)9-11/h1-6,9,18H,7-8,10H2. The van der Waals surface area contributed by atoms with Crippen molar-refractivity contribution in [2.24, 2.45) is 0 Å². The number of benzene rings is 2. The molecule has 0 saturated heterocycles. The third-order valence-corrected chi connectivity index (χ3v) is 4.20. The summed E-state index contributed by atoms with van der Waals surface area (Å²) in [4.78, 5) is 0. The Morgan fingerprint density at radius 1 is 1.05 bits per heavy atom. The third kappa shape index (κ3) is 5.91. The molecule has 8 heteroatoms. The van der Waals surface area contributed by atoms with Crippen molar-refractivity contribution in [3.05, 3.63) is 48.0 Å². The Morgan fingerprint density at radius 2 is 1.73 bits per heavy atom. The first-order valence-electron chi connectivity index (χ1n) is 6.44. The maximum atomic E-state index is 11.6. The van der Waals surface area contributed by atoms with Gasteiger partial charge in [0, 0.05) is 6.54 Å². The largest absolute Gasteiger partial charge is 0.335 e. The molecule has 2 aromatic rings. The summed E-state index contributed by atoms with van der Waals surface area (Å²) in [6, 6.07) is 13.9. The fraction of sp³-hybridized carbons (Fsp3) is 0.286. The topological polar surface area (TPSA) is 55.4 Å². The molecule has 2 aromatic carbocycles. The molecule has 0 radical (unpaired) electrons. The molecule has 0 bridgehead atoms. The highest BCUT2D eigenvalue weighted by Crippen LogP contribution is 2.26. The van der Waals surface area contributed by atoms with Gasteiger partial charge in [-0.15, -0.1) is 0 Å². The lowest BCUT2D eigenvalue weighted by Crippen LogP contribution is -2.30. The molecule has 120 valence electrons. The molecule has 4 nitrogen and oxygen atoms in total. The van der Waals surface area contributed by atoms with E-state index in [0.29, 0.717) is 6.42 Å². The summed E-state index contributed by atoms with van der Waals surface area (Å²) in [6.07, 6.45) is 0.529. The van der Waals surface area contributed by atoms with E-state index in [1.165, 1.54) is 0 Å². The molecule has 0 heterocycles. The van der Waals surface area contributed by atoms with Crippen molar-refractivity contribution in [3.63, 3.8) is 0 Å². The molecule has 0 aliphatic heterocycles. The van der Waals surface area contributed by atoms with Crippen molar-refractivity contribution >= 4 is 55.9 Å². The Labute approximate surface area is 144 Å². The fourth-order valence-corrected chi connectivity index (χ4v) is 3.03. The molecule has 0 fully saturated rings. The Morgan fingerprint density at radius 3 is 2.41 bits per heavy atom. The molecule has 2 rings (SSSR count). The summed E-state index contributed by atoms with van der Waals surface area (Å²) in [5.74, 6) is 0. The molecule has 1 N–H and O–H groups in total. The molecule has 0 spiro atoms. The summed E-state index contributed by atoms with van der Waals surface area (Å²) in [7, 11) is -3.93. The van der Waals surface area contributed by atoms with Crippen molar-refractivity contribution in [2.45, 2.75) is 10.2 Å². The van der Waals surface area contributed by atoms with E-state index in [0.717, 1.165) is 16.3 Å². The van der Waals surface area contributed by atoms with Crippen molar-refractivity contribution in [1.29, 1.82) is 0 Å². The molecular weight excluding hydrogens is 369 g/mol. The molecule has 0 unspecified atom stereocenters. The van der Waals surface area contributed by atoms with Crippen LogP contribution in [0.1, 0.15) is 5.56 Å². The van der Waals surface area contributed by atoms with Gasteiger partial charge in [-0.3, -0.25) is 4.18 Å². The highest BCUT2D eigenvalue weighted by atomic mass is 35.6. The Bertz CT molecular complexity index is 744. The van der Waals surface area contributed by atoms with Crippen LogP contribution in [0.3, 0.4) is 0 Å². The Balaban J connectivity index is 1.89. The first-order valence-corrected chi connectivity index (χ1v) is 8.98. The maximum Gasteiger partial charge on any atom is 0.335 e. The minimum absolute atomic E-state index is 0.195. The summed E-state index contributed by atoms with van der Waals surface area (Å²) < 4.78 is 28.2. The van der Waals surface area contributed by atoms with Crippen LogP contribution in [0, 0.1) is 0 Å². The number of halogens is 3. The molecule has 0 aliphatic rings. The summed E-state index contributed by atoms with van der Waals surface area (Å²) >= 11 is 16.3. The van der Waals surface area contributed by atoms with Crippen molar-refractivity contribution in [2.75, 3.05) is 13.2 Å². The van der Waals surface area contributed by atoms with Crippen LogP contribution in [0.2, 0.25) is 0 Å². The van der Waals surface area contributed by atoms with Crippen molar-refractivity contribution in [1.82, 2.24) is 4.72 Å². The minimum atomic E-state index is -3.93. The van der Waals surface area contributed by atoms with Gasteiger partial charge in [-0.25, -0.2) is 0 Å². The second-order valence-corrected chi connectivity index (χ2v) is 8.61.